The van der Waals surface area contributed by atoms with Crippen LogP contribution in [-0.4, -0.2) is 31.1 Å². The summed E-state index contributed by atoms with van der Waals surface area (Å²) in [5.74, 6) is 0. The Bertz CT molecular complexity index is 1100. The Labute approximate surface area is 184 Å². The van der Waals surface area contributed by atoms with Crippen molar-refractivity contribution in [3.05, 3.63) is 70.9 Å². The van der Waals surface area contributed by atoms with Gasteiger partial charge in [0.1, 0.15) is 23.9 Å². The van der Waals surface area contributed by atoms with E-state index in [2.05, 4.69) is 10.2 Å². The SMILES string of the molecule is N#CC(C#N)=C(C#N)Nc1ccc(N2CCN(Cc3ccccc3)CC2)cc1C(F)(F)F. The topological polar surface area (TPSA) is 89.9 Å². The van der Waals surface area contributed by atoms with Gasteiger partial charge in [0.05, 0.1) is 11.3 Å². The van der Waals surface area contributed by atoms with E-state index in [0.717, 1.165) is 12.6 Å². The first-order valence-corrected chi connectivity index (χ1v) is 9.79. The fraction of sp³-hybridized carbons (Fsp3) is 0.261. The fourth-order valence-electron chi connectivity index (χ4n) is 3.50. The summed E-state index contributed by atoms with van der Waals surface area (Å²) in [6.07, 6.45) is -4.69. The first-order valence-electron chi connectivity index (χ1n) is 9.79. The molecule has 1 heterocycles. The number of nitrogens with zero attached hydrogens (tertiary/aromatic N) is 5. The van der Waals surface area contributed by atoms with Crippen molar-refractivity contribution in [2.45, 2.75) is 12.7 Å². The van der Waals surface area contributed by atoms with Crippen LogP contribution >= 0.6 is 0 Å². The number of hydrogen-bond donors (Lipinski definition) is 1. The Morgan fingerprint density at radius 2 is 1.56 bits per heavy atom. The molecule has 162 valence electrons. The predicted molar refractivity (Wildman–Crippen MR) is 113 cm³/mol. The number of rotatable bonds is 5. The quantitative estimate of drug-likeness (QED) is 0.705. The number of benzene rings is 2. The van der Waals surface area contributed by atoms with Gasteiger partial charge in [-0.25, -0.2) is 0 Å². The van der Waals surface area contributed by atoms with Crippen LogP contribution < -0.4 is 10.2 Å². The van der Waals surface area contributed by atoms with E-state index < -0.39 is 23.0 Å². The lowest BCUT2D eigenvalue weighted by Gasteiger charge is -2.36. The minimum Gasteiger partial charge on any atom is -0.369 e. The summed E-state index contributed by atoms with van der Waals surface area (Å²) >= 11 is 0. The highest BCUT2D eigenvalue weighted by atomic mass is 19.4. The number of halogens is 3. The molecule has 2 aromatic carbocycles. The summed E-state index contributed by atoms with van der Waals surface area (Å²) in [5.41, 5.74) is -0.855. The zero-order valence-electron chi connectivity index (χ0n) is 17.0. The second-order valence-corrected chi connectivity index (χ2v) is 7.19. The maximum Gasteiger partial charge on any atom is 0.418 e. The van der Waals surface area contributed by atoms with Crippen LogP contribution in [-0.2, 0) is 12.7 Å². The average molecular weight is 436 g/mol. The molecule has 0 amide bonds. The van der Waals surface area contributed by atoms with Gasteiger partial charge in [-0.15, -0.1) is 0 Å². The molecule has 0 aromatic heterocycles. The van der Waals surface area contributed by atoms with Crippen molar-refractivity contribution in [2.75, 3.05) is 36.4 Å². The van der Waals surface area contributed by atoms with Gasteiger partial charge in [0, 0.05) is 38.4 Å². The molecule has 1 fully saturated rings. The van der Waals surface area contributed by atoms with E-state index in [1.807, 2.05) is 35.2 Å². The van der Waals surface area contributed by atoms with Crippen LogP contribution in [0.15, 0.2) is 59.8 Å². The van der Waals surface area contributed by atoms with Crippen LogP contribution in [0.5, 0.6) is 0 Å². The predicted octanol–water partition coefficient (Wildman–Crippen LogP) is 4.26. The Morgan fingerprint density at radius 1 is 0.906 bits per heavy atom. The van der Waals surface area contributed by atoms with Gasteiger partial charge in [-0.05, 0) is 23.8 Å². The highest BCUT2D eigenvalue weighted by Gasteiger charge is 2.35. The Hall–Kier alpha value is -4.00. The second-order valence-electron chi connectivity index (χ2n) is 7.19. The lowest BCUT2D eigenvalue weighted by molar-refractivity contribution is -0.136. The molecule has 6 nitrogen and oxygen atoms in total. The third-order valence-electron chi connectivity index (χ3n) is 5.14. The van der Waals surface area contributed by atoms with E-state index in [9.17, 15) is 13.2 Å². The van der Waals surface area contributed by atoms with Gasteiger partial charge in [-0.2, -0.15) is 29.0 Å². The summed E-state index contributed by atoms with van der Waals surface area (Å²) in [4.78, 5) is 4.14. The van der Waals surface area contributed by atoms with Gasteiger partial charge in [0.25, 0.3) is 0 Å². The first-order chi connectivity index (χ1) is 15.4. The summed E-state index contributed by atoms with van der Waals surface area (Å²) in [5, 5.41) is 29.3. The van der Waals surface area contributed by atoms with Crippen LogP contribution in [0.1, 0.15) is 11.1 Å². The number of allylic oxidation sites excluding steroid dienone is 2. The van der Waals surface area contributed by atoms with Crippen LogP contribution in [0.2, 0.25) is 0 Å². The van der Waals surface area contributed by atoms with Crippen LogP contribution in [0.4, 0.5) is 24.5 Å². The van der Waals surface area contributed by atoms with Crippen LogP contribution in [0, 0.1) is 34.0 Å². The lowest BCUT2D eigenvalue weighted by atomic mass is 10.1. The Kier molecular flexibility index (Phi) is 7.00. The third-order valence-corrected chi connectivity index (χ3v) is 5.14. The number of alkyl halides is 3. The van der Waals surface area contributed by atoms with E-state index in [0.29, 0.717) is 31.9 Å². The minimum absolute atomic E-state index is 0.386. The van der Waals surface area contributed by atoms with Gasteiger partial charge >= 0.3 is 6.18 Å². The molecular weight excluding hydrogens is 417 g/mol. The molecule has 1 N–H and O–H groups in total. The van der Waals surface area contributed by atoms with E-state index in [-0.39, 0.29) is 5.69 Å². The maximum absolute atomic E-state index is 13.7. The van der Waals surface area contributed by atoms with Crippen molar-refractivity contribution < 1.29 is 13.2 Å². The van der Waals surface area contributed by atoms with Gasteiger partial charge < -0.3 is 10.2 Å². The molecule has 9 heteroatoms. The normalized spacial score (nSPS) is 14.1. The number of nitrogens with one attached hydrogen (secondary N) is 1. The van der Waals surface area contributed by atoms with Gasteiger partial charge in [-0.1, -0.05) is 30.3 Å². The molecule has 0 aliphatic carbocycles. The average Bonchev–Trinajstić information content (AvgIpc) is 2.80. The van der Waals surface area contributed by atoms with Crippen LogP contribution in [0.25, 0.3) is 0 Å². The molecule has 32 heavy (non-hydrogen) atoms. The van der Waals surface area contributed by atoms with Crippen molar-refractivity contribution in [1.29, 1.82) is 15.8 Å². The summed E-state index contributed by atoms with van der Waals surface area (Å²) in [6, 6.07) is 18.4. The number of anilines is 2. The van der Waals surface area contributed by atoms with Crippen molar-refractivity contribution in [2.24, 2.45) is 0 Å². The van der Waals surface area contributed by atoms with E-state index in [1.54, 1.807) is 6.07 Å². The smallest absolute Gasteiger partial charge is 0.369 e. The molecule has 2 aromatic rings. The maximum atomic E-state index is 13.7. The summed E-state index contributed by atoms with van der Waals surface area (Å²) < 4.78 is 41.2. The highest BCUT2D eigenvalue weighted by Crippen LogP contribution is 2.38. The molecule has 1 aliphatic heterocycles. The molecule has 0 saturated carbocycles. The fourth-order valence-corrected chi connectivity index (χ4v) is 3.50. The second kappa shape index (κ2) is 9.87. The Morgan fingerprint density at radius 3 is 2.12 bits per heavy atom. The number of nitriles is 3. The van der Waals surface area contributed by atoms with Crippen LogP contribution in [0.3, 0.4) is 0 Å². The largest absolute Gasteiger partial charge is 0.418 e. The zero-order chi connectivity index (χ0) is 23.1. The molecule has 0 radical (unpaired) electrons. The zero-order valence-corrected chi connectivity index (χ0v) is 17.0. The number of piperazine rings is 1. The molecule has 1 saturated heterocycles. The van der Waals surface area contributed by atoms with Crippen molar-refractivity contribution in [3.63, 3.8) is 0 Å². The van der Waals surface area contributed by atoms with E-state index in [1.165, 1.54) is 29.8 Å². The molecule has 0 atom stereocenters. The molecule has 1 aliphatic rings. The molecular formula is C23H19F3N6. The Balaban J connectivity index is 1.78. The molecule has 0 bridgehead atoms. The summed E-state index contributed by atoms with van der Waals surface area (Å²) in [7, 11) is 0. The first kappa shape index (κ1) is 22.7. The number of hydrogen-bond acceptors (Lipinski definition) is 6. The standard InChI is InChI=1S/C23H19F3N6/c24-23(25,26)20-12-19(6-7-21(20)30-22(15-29)18(13-27)14-28)32-10-8-31(9-11-32)16-17-4-2-1-3-5-17/h1-7,12,30H,8-11,16H2. The lowest BCUT2D eigenvalue weighted by Crippen LogP contribution is -2.46. The van der Waals surface area contributed by atoms with Gasteiger partial charge in [0.2, 0.25) is 0 Å². The molecule has 0 unspecified atom stereocenters. The minimum atomic E-state index is -4.69. The monoisotopic (exact) mass is 436 g/mol. The summed E-state index contributed by atoms with van der Waals surface area (Å²) in [6.45, 7) is 3.37. The van der Waals surface area contributed by atoms with Gasteiger partial charge in [-0.3, -0.25) is 4.90 Å². The third kappa shape index (κ3) is 5.37. The highest BCUT2D eigenvalue weighted by molar-refractivity contribution is 5.66. The van der Waals surface area contributed by atoms with E-state index >= 15 is 0 Å². The van der Waals surface area contributed by atoms with Crippen molar-refractivity contribution >= 4 is 11.4 Å². The molecule has 3 rings (SSSR count). The molecule has 0 spiro atoms. The van der Waals surface area contributed by atoms with E-state index in [4.69, 9.17) is 15.8 Å². The van der Waals surface area contributed by atoms with Crippen molar-refractivity contribution in [1.82, 2.24) is 4.90 Å². The van der Waals surface area contributed by atoms with Gasteiger partial charge in [0.15, 0.2) is 5.57 Å². The van der Waals surface area contributed by atoms with Crippen molar-refractivity contribution in [3.8, 4) is 18.2 Å².